The van der Waals surface area contributed by atoms with Crippen molar-refractivity contribution in [2.75, 3.05) is 26.2 Å². The Kier molecular flexibility index (Phi) is 6.25. The lowest BCUT2D eigenvalue weighted by atomic mass is 9.92. The van der Waals surface area contributed by atoms with E-state index in [1.165, 1.54) is 0 Å². The van der Waals surface area contributed by atoms with E-state index in [1.807, 2.05) is 53.4 Å². The lowest BCUT2D eigenvalue weighted by molar-refractivity contribution is -0.133. The molecule has 3 atom stereocenters. The van der Waals surface area contributed by atoms with E-state index in [9.17, 15) is 9.59 Å². The summed E-state index contributed by atoms with van der Waals surface area (Å²) in [6.07, 6.45) is 2.57. The molecule has 1 unspecified atom stereocenters. The number of likely N-dealkylation sites (tertiary alicyclic amines) is 1. The van der Waals surface area contributed by atoms with Crippen LogP contribution < -0.4 is 10.6 Å². The molecule has 0 aliphatic carbocycles. The Hall–Kier alpha value is -2.66. The molecule has 2 saturated heterocycles. The van der Waals surface area contributed by atoms with Crippen LogP contribution in [0.5, 0.6) is 0 Å². The minimum atomic E-state index is -0.554. The highest BCUT2D eigenvalue weighted by molar-refractivity contribution is 5.97. The largest absolute Gasteiger partial charge is 0.341 e. The van der Waals surface area contributed by atoms with Gasteiger partial charge in [0.2, 0.25) is 5.91 Å². The van der Waals surface area contributed by atoms with Crippen LogP contribution in [0.25, 0.3) is 0 Å². The smallest absolute Gasteiger partial charge is 0.251 e. The van der Waals surface area contributed by atoms with E-state index in [4.69, 9.17) is 0 Å². The highest BCUT2D eigenvalue weighted by Gasteiger charge is 2.34. The molecule has 5 nitrogen and oxygen atoms in total. The number of benzene rings is 2. The first-order valence-corrected chi connectivity index (χ1v) is 10.6. The third-order valence-electron chi connectivity index (χ3n) is 6.25. The van der Waals surface area contributed by atoms with Gasteiger partial charge in [0.15, 0.2) is 0 Å². The van der Waals surface area contributed by atoms with Crippen LogP contribution in [0, 0.1) is 11.8 Å². The Morgan fingerprint density at radius 2 is 1.52 bits per heavy atom. The molecule has 2 aromatic rings. The van der Waals surface area contributed by atoms with Gasteiger partial charge in [0.05, 0.1) is 0 Å². The zero-order chi connectivity index (χ0) is 20.1. The van der Waals surface area contributed by atoms with Crippen LogP contribution in [0.15, 0.2) is 60.7 Å². The van der Waals surface area contributed by atoms with Gasteiger partial charge < -0.3 is 15.5 Å². The predicted octanol–water partition coefficient (Wildman–Crippen LogP) is 2.49. The van der Waals surface area contributed by atoms with Crippen molar-refractivity contribution in [1.29, 1.82) is 0 Å². The summed E-state index contributed by atoms with van der Waals surface area (Å²) < 4.78 is 0. The molecule has 0 saturated carbocycles. The Bertz CT molecular complexity index is 811. The van der Waals surface area contributed by atoms with Crippen LogP contribution in [0.3, 0.4) is 0 Å². The highest BCUT2D eigenvalue weighted by Crippen LogP contribution is 2.27. The van der Waals surface area contributed by atoms with E-state index in [1.54, 1.807) is 12.1 Å². The van der Waals surface area contributed by atoms with Crippen LogP contribution in [0.4, 0.5) is 0 Å². The van der Waals surface area contributed by atoms with Gasteiger partial charge in [-0.1, -0.05) is 48.5 Å². The lowest BCUT2D eigenvalue weighted by Crippen LogP contribution is -2.50. The van der Waals surface area contributed by atoms with Crippen molar-refractivity contribution in [3.8, 4) is 0 Å². The highest BCUT2D eigenvalue weighted by atomic mass is 16.2. The van der Waals surface area contributed by atoms with Gasteiger partial charge in [0.25, 0.3) is 5.91 Å². The number of fused-ring (bicyclic) bond motifs is 1. The Morgan fingerprint density at radius 3 is 2.14 bits per heavy atom. The molecule has 2 heterocycles. The second-order valence-corrected chi connectivity index (χ2v) is 8.16. The summed E-state index contributed by atoms with van der Waals surface area (Å²) in [5.74, 6) is 1.17. The van der Waals surface area contributed by atoms with E-state index in [2.05, 4.69) is 10.6 Å². The number of hydrogen-bond acceptors (Lipinski definition) is 3. The molecule has 2 fully saturated rings. The molecule has 2 aliphatic rings. The summed E-state index contributed by atoms with van der Waals surface area (Å²) in [5, 5.41) is 6.48. The minimum absolute atomic E-state index is 0.0334. The number of amides is 2. The van der Waals surface area contributed by atoms with Gasteiger partial charge in [0.1, 0.15) is 6.04 Å². The van der Waals surface area contributed by atoms with Crippen LogP contribution in [0.2, 0.25) is 0 Å². The molecule has 4 rings (SSSR count). The maximum absolute atomic E-state index is 13.4. The van der Waals surface area contributed by atoms with Crippen molar-refractivity contribution in [3.63, 3.8) is 0 Å². The summed E-state index contributed by atoms with van der Waals surface area (Å²) in [6.45, 7) is 3.66. The van der Waals surface area contributed by atoms with Crippen molar-refractivity contribution in [3.05, 3.63) is 71.8 Å². The molecule has 0 spiro atoms. The fourth-order valence-corrected chi connectivity index (χ4v) is 4.54. The molecular weight excluding hydrogens is 362 g/mol. The second-order valence-electron chi connectivity index (χ2n) is 8.16. The lowest BCUT2D eigenvalue weighted by Gasteiger charge is -2.27. The molecule has 0 bridgehead atoms. The van der Waals surface area contributed by atoms with Crippen LogP contribution in [-0.2, 0) is 11.2 Å². The van der Waals surface area contributed by atoms with Crippen LogP contribution in [-0.4, -0.2) is 48.9 Å². The van der Waals surface area contributed by atoms with E-state index in [0.29, 0.717) is 23.8 Å². The average molecular weight is 392 g/mol. The van der Waals surface area contributed by atoms with E-state index < -0.39 is 6.04 Å². The average Bonchev–Trinajstić information content (AvgIpc) is 3.12. The Morgan fingerprint density at radius 1 is 0.931 bits per heavy atom. The van der Waals surface area contributed by atoms with Crippen molar-refractivity contribution >= 4 is 11.8 Å². The number of carbonyl (C=O) groups is 2. The van der Waals surface area contributed by atoms with Gasteiger partial charge in [-0.05, 0) is 55.5 Å². The van der Waals surface area contributed by atoms with Gasteiger partial charge in [-0.25, -0.2) is 0 Å². The molecule has 0 radical (unpaired) electrons. The standard InChI is InChI=1S/C24H29N3O2/c28-23(19-9-5-2-6-10-19)26-22(15-18-7-3-1-4-8-18)24(29)27-13-11-20-16-25-17-21(20)12-14-27/h1-10,20-22,25H,11-17H2,(H,26,28)/t20-,21+,22?. The van der Waals surface area contributed by atoms with Gasteiger partial charge in [0, 0.05) is 25.1 Å². The summed E-state index contributed by atoms with van der Waals surface area (Å²) in [7, 11) is 0. The summed E-state index contributed by atoms with van der Waals surface area (Å²) >= 11 is 0. The zero-order valence-electron chi connectivity index (χ0n) is 16.7. The Labute approximate surface area is 172 Å². The van der Waals surface area contributed by atoms with Gasteiger partial charge in [-0.15, -0.1) is 0 Å². The molecular formula is C24H29N3O2. The molecule has 152 valence electrons. The minimum Gasteiger partial charge on any atom is -0.341 e. The fourth-order valence-electron chi connectivity index (χ4n) is 4.54. The molecule has 0 aromatic heterocycles. The number of rotatable bonds is 5. The normalized spacial score (nSPS) is 22.4. The molecule has 5 heteroatoms. The van der Waals surface area contributed by atoms with E-state index in [-0.39, 0.29) is 11.8 Å². The number of nitrogens with one attached hydrogen (secondary N) is 2. The van der Waals surface area contributed by atoms with Crippen LogP contribution in [0.1, 0.15) is 28.8 Å². The molecule has 2 amide bonds. The second kappa shape index (κ2) is 9.23. The summed E-state index contributed by atoms with van der Waals surface area (Å²) in [5.41, 5.74) is 1.63. The van der Waals surface area contributed by atoms with E-state index in [0.717, 1.165) is 44.6 Å². The summed E-state index contributed by atoms with van der Waals surface area (Å²) in [6, 6.07) is 18.5. The Balaban J connectivity index is 1.49. The summed E-state index contributed by atoms with van der Waals surface area (Å²) in [4.78, 5) is 28.2. The number of carbonyl (C=O) groups excluding carboxylic acids is 2. The molecule has 2 N–H and O–H groups in total. The number of hydrogen-bond donors (Lipinski definition) is 2. The first kappa shape index (κ1) is 19.6. The van der Waals surface area contributed by atoms with Crippen LogP contribution >= 0.6 is 0 Å². The monoisotopic (exact) mass is 391 g/mol. The van der Waals surface area contributed by atoms with Gasteiger partial charge in [-0.2, -0.15) is 0 Å². The number of nitrogens with zero attached hydrogens (tertiary/aromatic N) is 1. The maximum atomic E-state index is 13.4. The van der Waals surface area contributed by atoms with Crippen molar-refractivity contribution in [2.45, 2.75) is 25.3 Å². The fraction of sp³-hybridized carbons (Fsp3) is 0.417. The van der Waals surface area contributed by atoms with Crippen molar-refractivity contribution < 1.29 is 9.59 Å². The predicted molar refractivity (Wildman–Crippen MR) is 114 cm³/mol. The topological polar surface area (TPSA) is 61.4 Å². The molecule has 29 heavy (non-hydrogen) atoms. The van der Waals surface area contributed by atoms with E-state index >= 15 is 0 Å². The quantitative estimate of drug-likeness (QED) is 0.823. The third-order valence-corrected chi connectivity index (χ3v) is 6.25. The molecule has 2 aromatic carbocycles. The maximum Gasteiger partial charge on any atom is 0.251 e. The third kappa shape index (κ3) is 4.85. The first-order chi connectivity index (χ1) is 14.2. The van der Waals surface area contributed by atoms with Crippen molar-refractivity contribution in [2.24, 2.45) is 11.8 Å². The first-order valence-electron chi connectivity index (χ1n) is 10.6. The van der Waals surface area contributed by atoms with Gasteiger partial charge >= 0.3 is 0 Å². The zero-order valence-corrected chi connectivity index (χ0v) is 16.7. The van der Waals surface area contributed by atoms with Crippen molar-refractivity contribution in [1.82, 2.24) is 15.5 Å². The SMILES string of the molecule is O=C(NC(Cc1ccccc1)C(=O)N1CC[C@@H]2CNC[C@@H]2CC1)c1ccccc1. The van der Waals surface area contributed by atoms with Gasteiger partial charge in [-0.3, -0.25) is 9.59 Å². The molecule has 2 aliphatic heterocycles.